The molecule has 1 aromatic rings. The van der Waals surface area contributed by atoms with Crippen molar-refractivity contribution in [3.63, 3.8) is 0 Å². The second kappa shape index (κ2) is 11.1. The topological polar surface area (TPSA) is 36.9 Å². The molecule has 0 aliphatic rings. The SMILES string of the molecule is CN=C(NCCSC)N(C)Cc1ccccc1OC.I. The second-order valence-corrected chi connectivity index (χ2v) is 5.12. The fraction of sp³-hybridized carbons (Fsp3) is 0.500. The van der Waals surface area contributed by atoms with Gasteiger partial charge in [-0.25, -0.2) is 0 Å². The van der Waals surface area contributed by atoms with E-state index in [9.17, 15) is 0 Å². The first kappa shape index (κ1) is 19.4. The zero-order valence-corrected chi connectivity index (χ0v) is 15.7. The molecule has 0 saturated carbocycles. The number of aliphatic imine (C=N–C) groups is 1. The van der Waals surface area contributed by atoms with Gasteiger partial charge in [0.25, 0.3) is 0 Å². The van der Waals surface area contributed by atoms with Gasteiger partial charge in [0.15, 0.2) is 5.96 Å². The van der Waals surface area contributed by atoms with Gasteiger partial charge in [0, 0.05) is 38.5 Å². The fourth-order valence-electron chi connectivity index (χ4n) is 1.81. The molecule has 114 valence electrons. The number of hydrogen-bond acceptors (Lipinski definition) is 3. The highest BCUT2D eigenvalue weighted by molar-refractivity contribution is 14.0. The lowest BCUT2D eigenvalue weighted by molar-refractivity contribution is 0.396. The zero-order valence-electron chi connectivity index (χ0n) is 12.5. The lowest BCUT2D eigenvalue weighted by Gasteiger charge is -2.23. The summed E-state index contributed by atoms with van der Waals surface area (Å²) in [5, 5.41) is 3.34. The van der Waals surface area contributed by atoms with Crippen molar-refractivity contribution in [2.75, 3.05) is 39.8 Å². The lowest BCUT2D eigenvalue weighted by Crippen LogP contribution is -2.39. The van der Waals surface area contributed by atoms with E-state index in [1.807, 2.05) is 37.0 Å². The Kier molecular flexibility index (Phi) is 10.7. The molecular weight excluding hydrogens is 385 g/mol. The van der Waals surface area contributed by atoms with Crippen LogP contribution in [0.4, 0.5) is 0 Å². The first-order chi connectivity index (χ1) is 9.22. The molecule has 0 heterocycles. The van der Waals surface area contributed by atoms with E-state index in [0.717, 1.165) is 36.1 Å². The molecule has 0 unspecified atom stereocenters. The standard InChI is InChI=1S/C14H23N3OS.HI/c1-15-14(16-9-10-19-4)17(2)11-12-7-5-6-8-13(12)18-3;/h5-8H,9-11H2,1-4H3,(H,15,16);1H. The van der Waals surface area contributed by atoms with Gasteiger partial charge in [-0.05, 0) is 12.3 Å². The first-order valence-electron chi connectivity index (χ1n) is 6.25. The van der Waals surface area contributed by atoms with E-state index in [4.69, 9.17) is 4.74 Å². The van der Waals surface area contributed by atoms with Crippen LogP contribution in [-0.2, 0) is 6.54 Å². The Balaban J connectivity index is 0.00000361. The molecule has 0 bridgehead atoms. The Bertz CT molecular complexity index is 415. The Morgan fingerprint density at radius 3 is 2.70 bits per heavy atom. The van der Waals surface area contributed by atoms with Gasteiger partial charge in [-0.1, -0.05) is 18.2 Å². The van der Waals surface area contributed by atoms with E-state index in [1.54, 1.807) is 14.2 Å². The van der Waals surface area contributed by atoms with Crippen LogP contribution in [-0.4, -0.2) is 50.6 Å². The van der Waals surface area contributed by atoms with Gasteiger partial charge in [0.05, 0.1) is 7.11 Å². The molecular formula is C14H24IN3OS. The maximum atomic E-state index is 5.37. The quantitative estimate of drug-likeness (QED) is 0.339. The number of para-hydroxylation sites is 1. The third-order valence-corrected chi connectivity index (χ3v) is 3.38. The Labute approximate surface area is 143 Å². The van der Waals surface area contributed by atoms with Crippen molar-refractivity contribution in [3.8, 4) is 5.75 Å². The molecule has 1 aromatic carbocycles. The summed E-state index contributed by atoms with van der Waals surface area (Å²) in [6.07, 6.45) is 2.10. The first-order valence-corrected chi connectivity index (χ1v) is 7.65. The minimum Gasteiger partial charge on any atom is -0.496 e. The van der Waals surface area contributed by atoms with Gasteiger partial charge in [0.1, 0.15) is 5.75 Å². The molecule has 1 rings (SSSR count). The molecule has 0 spiro atoms. The summed E-state index contributed by atoms with van der Waals surface area (Å²) >= 11 is 1.82. The molecule has 0 fully saturated rings. The van der Waals surface area contributed by atoms with E-state index in [0.29, 0.717) is 0 Å². The summed E-state index contributed by atoms with van der Waals surface area (Å²) in [6.45, 7) is 1.69. The second-order valence-electron chi connectivity index (χ2n) is 4.13. The summed E-state index contributed by atoms with van der Waals surface area (Å²) in [5.74, 6) is 2.88. The molecule has 20 heavy (non-hydrogen) atoms. The molecule has 1 N–H and O–H groups in total. The lowest BCUT2D eigenvalue weighted by atomic mass is 10.2. The van der Waals surface area contributed by atoms with E-state index in [2.05, 4.69) is 27.5 Å². The highest BCUT2D eigenvalue weighted by Gasteiger charge is 2.09. The number of guanidine groups is 1. The van der Waals surface area contributed by atoms with Crippen LogP contribution < -0.4 is 10.1 Å². The van der Waals surface area contributed by atoms with Crippen LogP contribution in [0, 0.1) is 0 Å². The molecule has 0 atom stereocenters. The highest BCUT2D eigenvalue weighted by Crippen LogP contribution is 2.18. The summed E-state index contributed by atoms with van der Waals surface area (Å²) in [4.78, 5) is 6.39. The van der Waals surface area contributed by atoms with Crippen molar-refractivity contribution < 1.29 is 4.74 Å². The Morgan fingerprint density at radius 1 is 1.40 bits per heavy atom. The van der Waals surface area contributed by atoms with Gasteiger partial charge < -0.3 is 15.0 Å². The van der Waals surface area contributed by atoms with Crippen LogP contribution in [0.1, 0.15) is 5.56 Å². The monoisotopic (exact) mass is 409 g/mol. The summed E-state index contributed by atoms with van der Waals surface area (Å²) in [7, 11) is 5.53. The largest absolute Gasteiger partial charge is 0.496 e. The van der Waals surface area contributed by atoms with E-state index < -0.39 is 0 Å². The van der Waals surface area contributed by atoms with Crippen LogP contribution in [0.3, 0.4) is 0 Å². The van der Waals surface area contributed by atoms with Crippen molar-refractivity contribution in [1.29, 1.82) is 0 Å². The van der Waals surface area contributed by atoms with E-state index >= 15 is 0 Å². The smallest absolute Gasteiger partial charge is 0.193 e. The van der Waals surface area contributed by atoms with Crippen molar-refractivity contribution in [1.82, 2.24) is 10.2 Å². The number of methoxy groups -OCH3 is 1. The van der Waals surface area contributed by atoms with Gasteiger partial charge in [-0.15, -0.1) is 24.0 Å². The van der Waals surface area contributed by atoms with Crippen LogP contribution in [0.15, 0.2) is 29.3 Å². The fourth-order valence-corrected chi connectivity index (χ4v) is 2.12. The predicted octanol–water partition coefficient (Wildman–Crippen LogP) is 2.68. The van der Waals surface area contributed by atoms with Gasteiger partial charge in [-0.2, -0.15) is 11.8 Å². The van der Waals surface area contributed by atoms with Gasteiger partial charge in [0.2, 0.25) is 0 Å². The predicted molar refractivity (Wildman–Crippen MR) is 99.6 cm³/mol. The van der Waals surface area contributed by atoms with Crippen molar-refractivity contribution in [2.24, 2.45) is 4.99 Å². The number of thioether (sulfide) groups is 1. The van der Waals surface area contributed by atoms with Crippen molar-refractivity contribution in [3.05, 3.63) is 29.8 Å². The Morgan fingerprint density at radius 2 is 2.10 bits per heavy atom. The Hall–Kier alpha value is -0.630. The third-order valence-electron chi connectivity index (χ3n) is 2.76. The number of nitrogens with zero attached hydrogens (tertiary/aromatic N) is 2. The van der Waals surface area contributed by atoms with Crippen LogP contribution in [0.5, 0.6) is 5.75 Å². The molecule has 0 aliphatic heterocycles. The average molecular weight is 409 g/mol. The summed E-state index contributed by atoms with van der Waals surface area (Å²) in [5.41, 5.74) is 1.15. The molecule has 4 nitrogen and oxygen atoms in total. The van der Waals surface area contributed by atoms with Crippen molar-refractivity contribution >= 4 is 41.7 Å². The van der Waals surface area contributed by atoms with E-state index in [-0.39, 0.29) is 24.0 Å². The molecule has 0 amide bonds. The molecule has 0 radical (unpaired) electrons. The normalized spacial score (nSPS) is 10.7. The number of halogens is 1. The number of ether oxygens (including phenoxy) is 1. The van der Waals surface area contributed by atoms with Crippen LogP contribution in [0.25, 0.3) is 0 Å². The minimum absolute atomic E-state index is 0. The van der Waals surface area contributed by atoms with Crippen LogP contribution in [0.2, 0.25) is 0 Å². The molecule has 0 saturated heterocycles. The maximum Gasteiger partial charge on any atom is 0.193 e. The van der Waals surface area contributed by atoms with Crippen LogP contribution >= 0.6 is 35.7 Å². The molecule has 6 heteroatoms. The van der Waals surface area contributed by atoms with Gasteiger partial charge >= 0.3 is 0 Å². The third kappa shape index (κ3) is 6.21. The zero-order chi connectivity index (χ0) is 14.1. The molecule has 0 aromatic heterocycles. The number of benzene rings is 1. The average Bonchev–Trinajstić information content (AvgIpc) is 2.44. The van der Waals surface area contributed by atoms with Gasteiger partial charge in [-0.3, -0.25) is 4.99 Å². The number of hydrogen-bond donors (Lipinski definition) is 1. The maximum absolute atomic E-state index is 5.37. The summed E-state index contributed by atoms with van der Waals surface area (Å²) in [6, 6.07) is 8.06. The number of nitrogens with one attached hydrogen (secondary N) is 1. The number of rotatable bonds is 6. The summed E-state index contributed by atoms with van der Waals surface area (Å²) < 4.78 is 5.37. The van der Waals surface area contributed by atoms with E-state index in [1.165, 1.54) is 0 Å². The molecule has 0 aliphatic carbocycles. The minimum atomic E-state index is 0. The van der Waals surface area contributed by atoms with Crippen molar-refractivity contribution in [2.45, 2.75) is 6.54 Å². The highest BCUT2D eigenvalue weighted by atomic mass is 127.